The molecule has 4 aliphatic rings. The molecule has 0 radical (unpaired) electrons. The Morgan fingerprint density at radius 2 is 1.46 bits per heavy atom. The van der Waals surface area contributed by atoms with Crippen LogP contribution in [0.15, 0.2) is 42.4 Å². The average Bonchev–Trinajstić information content (AvgIpc) is 3.45. The second-order valence-corrected chi connectivity index (χ2v) is 14.7. The number of hydrogen-bond donors (Lipinski definition) is 0. The molecule has 10 heteroatoms. The number of fused-ring (bicyclic) bond motifs is 1. The minimum atomic E-state index is -0.0217. The topological polar surface area (TPSA) is 34.1 Å². The summed E-state index contributed by atoms with van der Waals surface area (Å²) in [5.74, 6) is -0.0217. The minimum absolute atomic E-state index is 0.00731. The summed E-state index contributed by atoms with van der Waals surface area (Å²) >= 11 is 13.3. The van der Waals surface area contributed by atoms with Crippen molar-refractivity contribution in [3.05, 3.63) is 65.3 Å². The number of carbonyl (C=O) groups is 1. The predicted molar refractivity (Wildman–Crippen MR) is 134 cm³/mol. The van der Waals surface area contributed by atoms with E-state index in [9.17, 15) is 9.59 Å². The van der Waals surface area contributed by atoms with Gasteiger partial charge in [-0.2, -0.15) is 0 Å². The Bertz CT molecular complexity index is 1390. The molecule has 4 heterocycles. The summed E-state index contributed by atoms with van der Waals surface area (Å²) in [4.78, 5) is 27.4. The van der Waals surface area contributed by atoms with E-state index in [2.05, 4.69) is 12.5 Å². The maximum Gasteiger partial charge on any atom is 0.216 e. The van der Waals surface area contributed by atoms with Crippen molar-refractivity contribution in [2.24, 2.45) is 0 Å². The molecule has 0 saturated carbocycles. The van der Waals surface area contributed by atoms with Crippen molar-refractivity contribution in [3.8, 4) is 0 Å². The van der Waals surface area contributed by atoms with Crippen molar-refractivity contribution in [1.82, 2.24) is 0 Å². The van der Waals surface area contributed by atoms with Gasteiger partial charge in [-0.3, -0.25) is 9.59 Å². The molecule has 0 N–H and O–H groups in total. The van der Waals surface area contributed by atoms with E-state index in [0.29, 0.717) is 15.0 Å². The van der Waals surface area contributed by atoms with Gasteiger partial charge in [0.1, 0.15) is 12.2 Å². The summed E-state index contributed by atoms with van der Waals surface area (Å²) in [5, 5.41) is 0. The number of hydrogen-bond acceptors (Lipinski definition) is 10. The van der Waals surface area contributed by atoms with E-state index in [1.165, 1.54) is 39.7 Å². The molecule has 0 aliphatic carbocycles. The van der Waals surface area contributed by atoms with Crippen LogP contribution in [0, 0.1) is 8.38 Å². The van der Waals surface area contributed by atoms with Gasteiger partial charge in [-0.15, -0.1) is 57.5 Å². The highest BCUT2D eigenvalue weighted by Gasteiger charge is 2.28. The predicted octanol–water partition coefficient (Wildman–Crippen LogP) is 5.45. The SMILES string of the molecule is CSC1=C(SC)SC(=c2sc3s/c(=C4\Sc5ccccc5C4=O)c(=O)c=3s2)S1. The summed E-state index contributed by atoms with van der Waals surface area (Å²) in [6, 6.07) is 7.57. The van der Waals surface area contributed by atoms with Gasteiger partial charge in [-0.05, 0) is 24.6 Å². The van der Waals surface area contributed by atoms with Gasteiger partial charge in [-0.25, -0.2) is 0 Å². The van der Waals surface area contributed by atoms with Crippen molar-refractivity contribution in [3.63, 3.8) is 0 Å². The standard InChI is InChI=1S/C18H10O2S8/c1-21-15-16(22-2)28-18(27-15)17-25-13-10(20)12(24-14(13)26-17)11-9(19)7-5-3-4-6-8(7)23-11/h3-6H,1-2H3/b12-11-. The highest BCUT2D eigenvalue weighted by molar-refractivity contribution is 8.45. The summed E-state index contributed by atoms with van der Waals surface area (Å²) < 4.78 is 7.53. The van der Waals surface area contributed by atoms with Crippen molar-refractivity contribution in [2.75, 3.05) is 12.5 Å². The van der Waals surface area contributed by atoms with Gasteiger partial charge in [-0.1, -0.05) is 47.4 Å². The van der Waals surface area contributed by atoms with Crippen molar-refractivity contribution in [1.29, 1.82) is 0 Å². The zero-order chi connectivity index (χ0) is 19.4. The van der Waals surface area contributed by atoms with E-state index in [1.807, 2.05) is 24.3 Å². The molecule has 0 atom stereocenters. The summed E-state index contributed by atoms with van der Waals surface area (Å²) in [5.41, 5.74) is 0.713. The first kappa shape index (κ1) is 19.9. The van der Waals surface area contributed by atoms with Gasteiger partial charge in [0.15, 0.2) is 0 Å². The second kappa shape index (κ2) is 7.88. The van der Waals surface area contributed by atoms with Crippen LogP contribution in [0.1, 0.15) is 10.4 Å². The third kappa shape index (κ3) is 3.20. The van der Waals surface area contributed by atoms with Crippen LogP contribution in [0.25, 0.3) is 9.14 Å². The maximum absolute atomic E-state index is 13.1. The number of benzene rings is 1. The Kier molecular flexibility index (Phi) is 5.59. The average molecular weight is 515 g/mol. The van der Waals surface area contributed by atoms with Crippen molar-refractivity contribution in [2.45, 2.75) is 4.90 Å². The molecule has 0 saturated heterocycles. The van der Waals surface area contributed by atoms with Crippen LogP contribution in [0.2, 0.25) is 0 Å². The number of rotatable bonds is 2. The third-order valence-corrected chi connectivity index (χ3v) is 15.0. The molecule has 0 unspecified atom stereocenters. The van der Waals surface area contributed by atoms with Crippen LogP contribution in [0.3, 0.4) is 0 Å². The van der Waals surface area contributed by atoms with Gasteiger partial charge >= 0.3 is 0 Å². The minimum Gasteiger partial charge on any atom is -0.288 e. The number of carbonyl (C=O) groups excluding carboxylic acids is 1. The lowest BCUT2D eigenvalue weighted by atomic mass is 10.1. The number of thioether (sulfide) groups is 5. The fraction of sp³-hybridized carbons (Fsp3) is 0.111. The van der Waals surface area contributed by atoms with Crippen LogP contribution in [0.4, 0.5) is 0 Å². The Morgan fingerprint density at radius 1 is 0.786 bits per heavy atom. The Labute approximate surface area is 193 Å². The zero-order valence-corrected chi connectivity index (χ0v) is 20.9. The van der Waals surface area contributed by atoms with E-state index in [1.54, 1.807) is 69.7 Å². The molecule has 5 rings (SSSR count). The first-order valence-electron chi connectivity index (χ1n) is 7.91. The lowest BCUT2D eigenvalue weighted by Crippen LogP contribution is -2.21. The third-order valence-electron chi connectivity index (χ3n) is 4.00. The fourth-order valence-corrected chi connectivity index (χ4v) is 13.5. The molecule has 0 spiro atoms. The van der Waals surface area contributed by atoms with Crippen LogP contribution in [0.5, 0.6) is 0 Å². The van der Waals surface area contributed by atoms with Crippen molar-refractivity contribution >= 4 is 108 Å². The van der Waals surface area contributed by atoms with E-state index in [4.69, 9.17) is 0 Å². The van der Waals surface area contributed by atoms with E-state index >= 15 is 0 Å². The fourth-order valence-electron chi connectivity index (χ4n) is 2.74. The van der Waals surface area contributed by atoms with Gasteiger partial charge in [0.05, 0.1) is 22.1 Å². The Balaban J connectivity index is 1.63. The highest BCUT2D eigenvalue weighted by Crippen LogP contribution is 2.56. The second-order valence-electron chi connectivity index (χ2n) is 5.60. The molecule has 0 aromatic heterocycles. The smallest absolute Gasteiger partial charge is 0.216 e. The Morgan fingerprint density at radius 3 is 2.11 bits per heavy atom. The van der Waals surface area contributed by atoms with Gasteiger partial charge in [0.2, 0.25) is 11.2 Å². The molecular formula is C18H10O2S8. The van der Waals surface area contributed by atoms with Gasteiger partial charge < -0.3 is 0 Å². The van der Waals surface area contributed by atoms with Crippen LogP contribution < -0.4 is 13.8 Å². The lowest BCUT2D eigenvalue weighted by molar-refractivity contribution is 0.105. The largest absolute Gasteiger partial charge is 0.288 e. The summed E-state index contributed by atoms with van der Waals surface area (Å²) in [6.45, 7) is 0. The van der Waals surface area contributed by atoms with E-state index in [0.717, 1.165) is 13.3 Å². The molecule has 0 bridgehead atoms. The molecule has 4 aliphatic heterocycles. The van der Waals surface area contributed by atoms with E-state index < -0.39 is 0 Å². The summed E-state index contributed by atoms with van der Waals surface area (Å²) in [6.07, 6.45) is 4.21. The van der Waals surface area contributed by atoms with Crippen LogP contribution in [-0.2, 0) is 0 Å². The number of Topliss-reactive ketones (excluding diaryl/α,β-unsaturated/α-hetero) is 1. The maximum atomic E-state index is 13.1. The normalized spacial score (nSPS) is 18.6. The summed E-state index contributed by atoms with van der Waals surface area (Å²) in [7, 11) is 0. The molecular weight excluding hydrogens is 505 g/mol. The molecule has 1 aromatic rings. The molecule has 2 nitrogen and oxygen atoms in total. The van der Waals surface area contributed by atoms with Gasteiger partial charge in [0, 0.05) is 10.5 Å². The molecule has 1 aromatic carbocycles. The molecule has 142 valence electrons. The van der Waals surface area contributed by atoms with Crippen LogP contribution in [-0.4, -0.2) is 18.3 Å². The first-order valence-corrected chi connectivity index (χ1v) is 15.3. The lowest BCUT2D eigenvalue weighted by Gasteiger charge is -1.94. The molecule has 28 heavy (non-hydrogen) atoms. The monoisotopic (exact) mass is 514 g/mol. The quantitative estimate of drug-likeness (QED) is 0.450. The highest BCUT2D eigenvalue weighted by atomic mass is 32.3. The van der Waals surface area contributed by atoms with Crippen molar-refractivity contribution < 1.29 is 4.79 Å². The van der Waals surface area contributed by atoms with Crippen LogP contribution >= 0.6 is 92.8 Å². The first-order chi connectivity index (χ1) is 13.6. The zero-order valence-electron chi connectivity index (χ0n) is 14.4. The number of ketones is 1. The molecule has 0 fully saturated rings. The molecule has 0 amide bonds. The van der Waals surface area contributed by atoms with E-state index in [-0.39, 0.29) is 11.2 Å². The van der Waals surface area contributed by atoms with Gasteiger partial charge in [0.25, 0.3) is 0 Å². The Hall–Kier alpha value is -0.0700.